The number of methoxy groups -OCH3 is 1. The molecule has 0 saturated heterocycles. The number of hydrogen-bond donors (Lipinski definition) is 1. The van der Waals surface area contributed by atoms with E-state index in [1.165, 1.54) is 13.3 Å². The van der Waals surface area contributed by atoms with Crippen molar-refractivity contribution in [2.75, 3.05) is 7.11 Å². The molecule has 24 heavy (non-hydrogen) atoms. The van der Waals surface area contributed by atoms with E-state index in [9.17, 15) is 18.0 Å². The third-order valence-electron chi connectivity index (χ3n) is 2.82. The van der Waals surface area contributed by atoms with Gasteiger partial charge in [0.25, 0.3) is 5.91 Å². The maximum Gasteiger partial charge on any atom is 0.435 e. The maximum absolute atomic E-state index is 12.4. The Morgan fingerprint density at radius 1 is 1.46 bits per heavy atom. The molecule has 0 atom stereocenters. The number of benzene rings is 1. The molecule has 1 N–H and O–H groups in total. The first-order valence-corrected chi connectivity index (χ1v) is 7.35. The van der Waals surface area contributed by atoms with Crippen LogP contribution in [0.1, 0.15) is 11.3 Å². The van der Waals surface area contributed by atoms with Crippen molar-refractivity contribution in [3.05, 3.63) is 46.2 Å². The van der Waals surface area contributed by atoms with E-state index in [2.05, 4.69) is 31.6 Å². The van der Waals surface area contributed by atoms with Crippen LogP contribution in [0.5, 0.6) is 5.75 Å². The van der Waals surface area contributed by atoms with Crippen molar-refractivity contribution < 1.29 is 22.7 Å². The molecule has 0 bridgehead atoms. The molecule has 10 heteroatoms. The molecule has 0 radical (unpaired) electrons. The maximum atomic E-state index is 12.4. The van der Waals surface area contributed by atoms with Crippen LogP contribution in [-0.2, 0) is 17.5 Å². The van der Waals surface area contributed by atoms with E-state index in [0.29, 0.717) is 11.3 Å². The SMILES string of the molecule is COc1ccc(Br)cc1/C=N\NC(=O)Cn1ccc(C(F)(F)F)n1. The highest BCUT2D eigenvalue weighted by atomic mass is 79.9. The second-order valence-electron chi connectivity index (χ2n) is 4.58. The summed E-state index contributed by atoms with van der Waals surface area (Å²) in [6.07, 6.45) is -2.10. The minimum atomic E-state index is -4.54. The second-order valence-corrected chi connectivity index (χ2v) is 5.49. The van der Waals surface area contributed by atoms with E-state index in [1.807, 2.05) is 0 Å². The van der Waals surface area contributed by atoms with E-state index < -0.39 is 17.8 Å². The summed E-state index contributed by atoms with van der Waals surface area (Å²) in [5.41, 5.74) is 1.77. The molecular weight excluding hydrogens is 393 g/mol. The number of hydrogen-bond acceptors (Lipinski definition) is 4. The van der Waals surface area contributed by atoms with Crippen LogP contribution in [0.4, 0.5) is 13.2 Å². The van der Waals surface area contributed by atoms with Gasteiger partial charge in [-0.1, -0.05) is 15.9 Å². The van der Waals surface area contributed by atoms with Gasteiger partial charge in [-0.05, 0) is 24.3 Å². The number of carbonyl (C=O) groups excluding carboxylic acids is 1. The minimum absolute atomic E-state index is 0.386. The van der Waals surface area contributed by atoms with E-state index in [1.54, 1.807) is 18.2 Å². The smallest absolute Gasteiger partial charge is 0.435 e. The fraction of sp³-hybridized carbons (Fsp3) is 0.214. The van der Waals surface area contributed by atoms with Gasteiger partial charge in [-0.3, -0.25) is 9.48 Å². The lowest BCUT2D eigenvalue weighted by atomic mass is 10.2. The Balaban J connectivity index is 1.96. The van der Waals surface area contributed by atoms with Crippen molar-refractivity contribution in [3.8, 4) is 5.75 Å². The molecule has 0 aliphatic carbocycles. The Labute approximate surface area is 143 Å². The number of nitrogens with zero attached hydrogens (tertiary/aromatic N) is 3. The van der Waals surface area contributed by atoms with Crippen molar-refractivity contribution in [1.29, 1.82) is 0 Å². The fourth-order valence-electron chi connectivity index (χ4n) is 1.76. The number of aromatic nitrogens is 2. The first-order chi connectivity index (χ1) is 11.3. The molecule has 1 aromatic carbocycles. The quantitative estimate of drug-likeness (QED) is 0.615. The molecule has 2 rings (SSSR count). The summed E-state index contributed by atoms with van der Waals surface area (Å²) in [6, 6.07) is 6.03. The fourth-order valence-corrected chi connectivity index (χ4v) is 2.14. The number of rotatable bonds is 5. The third-order valence-corrected chi connectivity index (χ3v) is 3.31. The summed E-state index contributed by atoms with van der Waals surface area (Å²) >= 11 is 3.30. The molecule has 6 nitrogen and oxygen atoms in total. The summed E-state index contributed by atoms with van der Waals surface area (Å²) in [5.74, 6) is -0.0601. The Hall–Kier alpha value is -2.36. The zero-order valence-corrected chi connectivity index (χ0v) is 13.9. The van der Waals surface area contributed by atoms with Gasteiger partial charge in [-0.2, -0.15) is 23.4 Å². The van der Waals surface area contributed by atoms with Crippen LogP contribution in [0, 0.1) is 0 Å². The third kappa shape index (κ3) is 4.82. The molecule has 1 heterocycles. The zero-order valence-electron chi connectivity index (χ0n) is 12.3. The van der Waals surface area contributed by atoms with E-state index in [-0.39, 0.29) is 6.54 Å². The zero-order chi connectivity index (χ0) is 17.7. The molecule has 0 spiro atoms. The van der Waals surface area contributed by atoms with Crippen molar-refractivity contribution >= 4 is 28.1 Å². The summed E-state index contributed by atoms with van der Waals surface area (Å²) < 4.78 is 44.1. The predicted molar refractivity (Wildman–Crippen MR) is 83.7 cm³/mol. The van der Waals surface area contributed by atoms with E-state index in [4.69, 9.17) is 4.74 Å². The van der Waals surface area contributed by atoms with Crippen LogP contribution in [0.25, 0.3) is 0 Å². The molecule has 0 fully saturated rings. The average Bonchev–Trinajstić information content (AvgIpc) is 2.96. The second kappa shape index (κ2) is 7.47. The van der Waals surface area contributed by atoms with Crippen molar-refractivity contribution in [2.24, 2.45) is 5.10 Å². The van der Waals surface area contributed by atoms with Crippen LogP contribution in [0.2, 0.25) is 0 Å². The molecule has 0 aliphatic heterocycles. The minimum Gasteiger partial charge on any atom is -0.496 e. The number of hydrazone groups is 1. The van der Waals surface area contributed by atoms with Crippen LogP contribution in [0.3, 0.4) is 0 Å². The normalized spacial score (nSPS) is 11.7. The summed E-state index contributed by atoms with van der Waals surface area (Å²) in [4.78, 5) is 11.7. The topological polar surface area (TPSA) is 68.5 Å². The van der Waals surface area contributed by atoms with Crippen molar-refractivity contribution in [1.82, 2.24) is 15.2 Å². The highest BCUT2D eigenvalue weighted by molar-refractivity contribution is 9.10. The van der Waals surface area contributed by atoms with Gasteiger partial charge in [0.05, 0.1) is 13.3 Å². The Bertz CT molecular complexity index is 759. The lowest BCUT2D eigenvalue weighted by molar-refractivity contribution is -0.141. The lowest BCUT2D eigenvalue weighted by Gasteiger charge is -2.05. The van der Waals surface area contributed by atoms with E-state index >= 15 is 0 Å². The van der Waals surface area contributed by atoms with Crippen LogP contribution >= 0.6 is 15.9 Å². The van der Waals surface area contributed by atoms with Crippen molar-refractivity contribution in [3.63, 3.8) is 0 Å². The molecule has 0 saturated carbocycles. The van der Waals surface area contributed by atoms with Gasteiger partial charge in [0, 0.05) is 16.2 Å². The molecule has 0 aliphatic rings. The number of carbonyl (C=O) groups is 1. The van der Waals surface area contributed by atoms with Gasteiger partial charge in [0.15, 0.2) is 5.69 Å². The Kier molecular flexibility index (Phi) is 5.60. The van der Waals surface area contributed by atoms with Crippen LogP contribution < -0.4 is 10.2 Å². The number of halogens is 4. The monoisotopic (exact) mass is 404 g/mol. The van der Waals surface area contributed by atoms with Gasteiger partial charge in [0.2, 0.25) is 0 Å². The van der Waals surface area contributed by atoms with Gasteiger partial charge in [-0.15, -0.1) is 0 Å². The van der Waals surface area contributed by atoms with Gasteiger partial charge in [0.1, 0.15) is 12.3 Å². The molecule has 1 aromatic heterocycles. The lowest BCUT2D eigenvalue weighted by Crippen LogP contribution is -2.23. The molecule has 0 unspecified atom stereocenters. The largest absolute Gasteiger partial charge is 0.496 e. The highest BCUT2D eigenvalue weighted by Crippen LogP contribution is 2.27. The first kappa shape index (κ1) is 18.0. The molecule has 1 amide bonds. The first-order valence-electron chi connectivity index (χ1n) is 6.55. The van der Waals surface area contributed by atoms with Gasteiger partial charge >= 0.3 is 6.18 Å². The van der Waals surface area contributed by atoms with E-state index in [0.717, 1.165) is 21.4 Å². The Morgan fingerprint density at radius 3 is 2.83 bits per heavy atom. The summed E-state index contributed by atoms with van der Waals surface area (Å²) in [5, 5.41) is 7.03. The number of alkyl halides is 3. The van der Waals surface area contributed by atoms with Gasteiger partial charge in [-0.25, -0.2) is 5.43 Å². The number of nitrogens with one attached hydrogen (secondary N) is 1. The highest BCUT2D eigenvalue weighted by Gasteiger charge is 2.33. The molecule has 128 valence electrons. The number of ether oxygens (including phenoxy) is 1. The van der Waals surface area contributed by atoms with Crippen LogP contribution in [-0.4, -0.2) is 29.0 Å². The standard InChI is InChI=1S/C14H12BrF3N4O2/c1-24-11-3-2-10(15)6-9(11)7-19-20-13(23)8-22-5-4-12(21-22)14(16,17)18/h2-7H,8H2,1H3,(H,20,23)/b19-7-. The summed E-state index contributed by atoms with van der Waals surface area (Å²) in [7, 11) is 1.50. The molecule has 2 aromatic rings. The Morgan fingerprint density at radius 2 is 2.21 bits per heavy atom. The summed E-state index contributed by atoms with van der Waals surface area (Å²) in [6.45, 7) is -0.386. The predicted octanol–water partition coefficient (Wildman–Crippen LogP) is 2.82. The van der Waals surface area contributed by atoms with Crippen molar-refractivity contribution in [2.45, 2.75) is 12.7 Å². The molecular formula is C14H12BrF3N4O2. The number of amides is 1. The van der Waals surface area contributed by atoms with Crippen LogP contribution in [0.15, 0.2) is 40.0 Å². The van der Waals surface area contributed by atoms with Gasteiger partial charge < -0.3 is 4.74 Å². The average molecular weight is 405 g/mol.